The van der Waals surface area contributed by atoms with Crippen LogP contribution in [0.4, 0.5) is 10.7 Å². The summed E-state index contributed by atoms with van der Waals surface area (Å²) >= 11 is 0. The molecule has 2 aliphatic rings. The molecule has 3 aromatic rings. The summed E-state index contributed by atoms with van der Waals surface area (Å²) in [4.78, 5) is 26.9. The Bertz CT molecular complexity index is 1180. The number of piperidine rings is 1. The van der Waals surface area contributed by atoms with Crippen molar-refractivity contribution in [3.8, 4) is 11.6 Å². The van der Waals surface area contributed by atoms with Gasteiger partial charge in [-0.05, 0) is 48.9 Å². The highest BCUT2D eigenvalue weighted by Crippen LogP contribution is 2.32. The van der Waals surface area contributed by atoms with E-state index >= 15 is 0 Å². The van der Waals surface area contributed by atoms with Gasteiger partial charge in [-0.15, -0.1) is 0 Å². The third-order valence-electron chi connectivity index (χ3n) is 6.85. The molecule has 1 N–H and O–H groups in total. The number of urea groups is 1. The Morgan fingerprint density at radius 3 is 2.63 bits per heavy atom. The first-order valence-corrected chi connectivity index (χ1v) is 12.5. The van der Waals surface area contributed by atoms with Crippen LogP contribution in [-0.4, -0.2) is 40.5 Å². The SMILES string of the molecule is Cc1cccc(Oc2nc(N3CCC(C)CC3)nc3c2CN(C(=O)NCc2ccccc2)CC3)c1. The number of hydrogen-bond acceptors (Lipinski definition) is 5. The number of benzene rings is 2. The fourth-order valence-electron chi connectivity index (χ4n) is 4.65. The number of ether oxygens (including phenoxy) is 1. The molecule has 0 bridgehead atoms. The molecule has 1 fully saturated rings. The van der Waals surface area contributed by atoms with Crippen LogP contribution < -0.4 is 15.0 Å². The van der Waals surface area contributed by atoms with Crippen molar-refractivity contribution in [2.45, 2.75) is 46.2 Å². The van der Waals surface area contributed by atoms with Crippen LogP contribution >= 0.6 is 0 Å². The quantitative estimate of drug-likeness (QED) is 0.562. The molecule has 0 aliphatic carbocycles. The summed E-state index contributed by atoms with van der Waals surface area (Å²) in [7, 11) is 0. The van der Waals surface area contributed by atoms with Crippen molar-refractivity contribution in [1.29, 1.82) is 0 Å². The molecule has 1 saturated heterocycles. The van der Waals surface area contributed by atoms with Crippen LogP contribution in [0.15, 0.2) is 54.6 Å². The van der Waals surface area contributed by atoms with Gasteiger partial charge in [-0.2, -0.15) is 4.98 Å². The maximum Gasteiger partial charge on any atom is 0.317 e. The lowest BCUT2D eigenvalue weighted by molar-refractivity contribution is 0.190. The number of nitrogens with one attached hydrogen (secondary N) is 1. The molecule has 2 aliphatic heterocycles. The van der Waals surface area contributed by atoms with Gasteiger partial charge in [-0.3, -0.25) is 0 Å². The minimum absolute atomic E-state index is 0.0879. The first-order valence-electron chi connectivity index (χ1n) is 12.5. The van der Waals surface area contributed by atoms with Gasteiger partial charge in [-0.1, -0.05) is 49.4 Å². The average Bonchev–Trinajstić information content (AvgIpc) is 2.88. The molecule has 2 aromatic carbocycles. The second-order valence-corrected chi connectivity index (χ2v) is 9.66. The van der Waals surface area contributed by atoms with Crippen LogP contribution in [0.5, 0.6) is 11.6 Å². The van der Waals surface area contributed by atoms with Crippen molar-refractivity contribution in [2.75, 3.05) is 24.5 Å². The van der Waals surface area contributed by atoms with Gasteiger partial charge in [0.2, 0.25) is 11.8 Å². The van der Waals surface area contributed by atoms with Gasteiger partial charge in [0.05, 0.1) is 17.8 Å². The van der Waals surface area contributed by atoms with Crippen molar-refractivity contribution in [1.82, 2.24) is 20.2 Å². The van der Waals surface area contributed by atoms with Crippen LogP contribution in [0.2, 0.25) is 0 Å². The van der Waals surface area contributed by atoms with Crippen molar-refractivity contribution in [3.63, 3.8) is 0 Å². The Balaban J connectivity index is 1.38. The molecule has 2 amide bonds. The maximum absolute atomic E-state index is 13.0. The number of rotatable bonds is 5. The monoisotopic (exact) mass is 471 g/mol. The highest BCUT2D eigenvalue weighted by molar-refractivity contribution is 5.74. The van der Waals surface area contributed by atoms with E-state index < -0.39 is 0 Å². The topological polar surface area (TPSA) is 70.6 Å². The van der Waals surface area contributed by atoms with Crippen molar-refractivity contribution in [2.24, 2.45) is 5.92 Å². The summed E-state index contributed by atoms with van der Waals surface area (Å²) in [6.45, 7) is 7.80. The summed E-state index contributed by atoms with van der Waals surface area (Å²) in [5.74, 6) is 2.76. The van der Waals surface area contributed by atoms with Crippen molar-refractivity contribution >= 4 is 12.0 Å². The number of carbonyl (C=O) groups is 1. The molecule has 0 unspecified atom stereocenters. The van der Waals surface area contributed by atoms with Gasteiger partial charge in [0.25, 0.3) is 0 Å². The van der Waals surface area contributed by atoms with Gasteiger partial charge >= 0.3 is 6.03 Å². The highest BCUT2D eigenvalue weighted by atomic mass is 16.5. The Labute approximate surface area is 207 Å². The van der Waals surface area contributed by atoms with E-state index in [1.165, 1.54) is 0 Å². The number of anilines is 1. The largest absolute Gasteiger partial charge is 0.438 e. The number of aryl methyl sites for hydroxylation is 1. The maximum atomic E-state index is 13.0. The number of amides is 2. The second-order valence-electron chi connectivity index (χ2n) is 9.66. The number of nitrogens with zero attached hydrogens (tertiary/aromatic N) is 4. The summed E-state index contributed by atoms with van der Waals surface area (Å²) in [6.07, 6.45) is 2.96. The predicted molar refractivity (Wildman–Crippen MR) is 137 cm³/mol. The Morgan fingerprint density at radius 2 is 1.86 bits per heavy atom. The van der Waals surface area contributed by atoms with Gasteiger partial charge in [0, 0.05) is 32.6 Å². The van der Waals surface area contributed by atoms with Crippen molar-refractivity contribution < 1.29 is 9.53 Å². The van der Waals surface area contributed by atoms with E-state index in [4.69, 9.17) is 14.7 Å². The van der Waals surface area contributed by atoms with Crippen molar-refractivity contribution in [3.05, 3.63) is 77.0 Å². The lowest BCUT2D eigenvalue weighted by Crippen LogP contribution is -2.43. The van der Waals surface area contributed by atoms with E-state index in [-0.39, 0.29) is 6.03 Å². The van der Waals surface area contributed by atoms with Gasteiger partial charge in [0.1, 0.15) is 5.75 Å². The predicted octanol–water partition coefficient (Wildman–Crippen LogP) is 5.08. The van der Waals surface area contributed by atoms with E-state index in [9.17, 15) is 4.79 Å². The second kappa shape index (κ2) is 10.3. The van der Waals surface area contributed by atoms with Gasteiger partial charge in [-0.25, -0.2) is 9.78 Å². The number of carbonyl (C=O) groups excluding carboxylic acids is 1. The molecule has 182 valence electrons. The Morgan fingerprint density at radius 1 is 1.06 bits per heavy atom. The fourth-order valence-corrected chi connectivity index (χ4v) is 4.65. The number of aromatic nitrogens is 2. The Kier molecular flexibility index (Phi) is 6.84. The standard InChI is InChI=1S/C28H33N5O2/c1-20-11-14-32(15-12-20)27-30-25-13-16-33(28(34)29-18-22-8-4-3-5-9-22)19-24(25)26(31-27)35-23-10-6-7-21(2)17-23/h3-10,17,20H,11-16,18-19H2,1-2H3,(H,29,34). The fraction of sp³-hybridized carbons (Fsp3) is 0.393. The van der Waals surface area contributed by atoms with Crippen LogP contribution in [-0.2, 0) is 19.5 Å². The molecule has 0 radical (unpaired) electrons. The highest BCUT2D eigenvalue weighted by Gasteiger charge is 2.28. The third-order valence-corrected chi connectivity index (χ3v) is 6.85. The summed E-state index contributed by atoms with van der Waals surface area (Å²) in [5.41, 5.74) is 4.06. The molecule has 0 atom stereocenters. The zero-order valence-electron chi connectivity index (χ0n) is 20.5. The minimum atomic E-state index is -0.0879. The molecule has 1 aromatic heterocycles. The molecule has 3 heterocycles. The molecule has 7 nitrogen and oxygen atoms in total. The molecule has 35 heavy (non-hydrogen) atoms. The first-order chi connectivity index (χ1) is 17.0. The molecular formula is C28H33N5O2. The molecule has 0 spiro atoms. The third kappa shape index (κ3) is 5.56. The number of hydrogen-bond donors (Lipinski definition) is 1. The van der Waals surface area contributed by atoms with Crippen LogP contribution in [0.25, 0.3) is 0 Å². The van der Waals surface area contributed by atoms with Crippen LogP contribution in [0.3, 0.4) is 0 Å². The van der Waals surface area contributed by atoms with E-state index in [2.05, 4.69) is 17.1 Å². The van der Waals surface area contributed by atoms with Crippen LogP contribution in [0, 0.1) is 12.8 Å². The minimum Gasteiger partial charge on any atom is -0.438 e. The number of fused-ring (bicyclic) bond motifs is 1. The average molecular weight is 472 g/mol. The zero-order chi connectivity index (χ0) is 24.2. The van der Waals surface area contributed by atoms with Gasteiger partial charge < -0.3 is 19.9 Å². The molecule has 5 rings (SSSR count). The summed E-state index contributed by atoms with van der Waals surface area (Å²) in [5, 5.41) is 3.04. The zero-order valence-corrected chi connectivity index (χ0v) is 20.5. The van der Waals surface area contributed by atoms with Crippen LogP contribution in [0.1, 0.15) is 42.1 Å². The van der Waals surface area contributed by atoms with E-state index in [1.807, 2.05) is 66.4 Å². The smallest absolute Gasteiger partial charge is 0.317 e. The molecular weight excluding hydrogens is 438 g/mol. The summed E-state index contributed by atoms with van der Waals surface area (Å²) in [6, 6.07) is 17.8. The molecule has 7 heteroatoms. The van der Waals surface area contributed by atoms with E-state index in [1.54, 1.807) is 0 Å². The Hall–Kier alpha value is -3.61. The lowest BCUT2D eigenvalue weighted by atomic mass is 9.99. The van der Waals surface area contributed by atoms with Gasteiger partial charge in [0.15, 0.2) is 0 Å². The van der Waals surface area contributed by atoms with E-state index in [0.717, 1.165) is 65.9 Å². The first kappa shape index (κ1) is 23.1. The lowest BCUT2D eigenvalue weighted by Gasteiger charge is -2.33. The van der Waals surface area contributed by atoms with E-state index in [0.29, 0.717) is 31.9 Å². The summed E-state index contributed by atoms with van der Waals surface area (Å²) < 4.78 is 6.33. The normalized spacial score (nSPS) is 16.1. The molecule has 0 saturated carbocycles.